The number of thioether (sulfide) groups is 1. The third-order valence-electron chi connectivity index (χ3n) is 5.27. The van der Waals surface area contributed by atoms with Gasteiger partial charge in [-0.05, 0) is 45.5 Å². The summed E-state index contributed by atoms with van der Waals surface area (Å²) in [4.78, 5) is 32.6. The zero-order valence-electron chi connectivity index (χ0n) is 21.0. The van der Waals surface area contributed by atoms with E-state index in [1.807, 2.05) is 44.1 Å². The summed E-state index contributed by atoms with van der Waals surface area (Å²) in [6.07, 6.45) is 5.19. The number of carbonyl (C=O) groups is 1. The highest BCUT2D eigenvalue weighted by atomic mass is 32.2. The predicted molar refractivity (Wildman–Crippen MR) is 142 cm³/mol. The summed E-state index contributed by atoms with van der Waals surface area (Å²) in [5.74, 6) is 2.81. The highest BCUT2D eigenvalue weighted by molar-refractivity contribution is 8.00. The van der Waals surface area contributed by atoms with Crippen LogP contribution in [0.5, 0.6) is 0 Å². The first-order chi connectivity index (χ1) is 17.1. The lowest BCUT2D eigenvalue weighted by atomic mass is 10.1. The largest absolute Gasteiger partial charge is 0.378 e. The first-order valence-corrected chi connectivity index (χ1v) is 13.0. The van der Waals surface area contributed by atoms with Crippen LogP contribution in [0.1, 0.15) is 38.3 Å². The van der Waals surface area contributed by atoms with Gasteiger partial charge in [-0.2, -0.15) is 4.98 Å². The summed E-state index contributed by atoms with van der Waals surface area (Å²) in [7, 11) is 5.39. The fourth-order valence-corrected chi connectivity index (χ4v) is 4.65. The Morgan fingerprint density at radius 2 is 2.20 bits per heavy atom. The molecule has 2 aliphatic rings. The van der Waals surface area contributed by atoms with Gasteiger partial charge in [-0.15, -0.1) is 0 Å². The van der Waals surface area contributed by atoms with Gasteiger partial charge in [0.25, 0.3) is 0 Å². The van der Waals surface area contributed by atoms with Gasteiger partial charge in [0.1, 0.15) is 10.9 Å². The number of rotatable bonds is 7. The maximum absolute atomic E-state index is 12.3. The van der Waals surface area contributed by atoms with Crippen LogP contribution < -0.4 is 16.0 Å². The molecular weight excluding hydrogens is 464 g/mol. The molecule has 0 spiro atoms. The van der Waals surface area contributed by atoms with Crippen LogP contribution in [0.4, 0.5) is 17.5 Å². The Bertz CT molecular complexity index is 1000. The lowest BCUT2D eigenvalue weighted by molar-refractivity contribution is -0.132. The number of carbonyl (C=O) groups excluding carboxylic acids is 1. The fraction of sp³-hybridized carbons (Fsp3) is 0.542. The van der Waals surface area contributed by atoms with Gasteiger partial charge in [-0.25, -0.2) is 15.0 Å². The SMILES string of the molecule is CCCC(=O)N1CCCC(Nc2nc(COC)cc(N=C3CSc4ncccc4N3)n2)C1.CNC. The van der Waals surface area contributed by atoms with Gasteiger partial charge in [-0.3, -0.25) is 4.79 Å². The van der Waals surface area contributed by atoms with E-state index in [2.05, 4.69) is 30.9 Å². The molecule has 1 fully saturated rings. The van der Waals surface area contributed by atoms with Crippen molar-refractivity contribution in [2.24, 2.45) is 4.99 Å². The van der Waals surface area contributed by atoms with Crippen LogP contribution in [-0.4, -0.2) is 77.7 Å². The number of ether oxygens (including phenoxy) is 1. The number of likely N-dealkylation sites (tertiary alicyclic amines) is 1. The zero-order valence-corrected chi connectivity index (χ0v) is 21.8. The van der Waals surface area contributed by atoms with Gasteiger partial charge in [0.2, 0.25) is 11.9 Å². The van der Waals surface area contributed by atoms with Crippen molar-refractivity contribution in [2.45, 2.75) is 50.3 Å². The van der Waals surface area contributed by atoms with E-state index in [4.69, 9.17) is 9.73 Å². The molecule has 0 radical (unpaired) electrons. The predicted octanol–water partition coefficient (Wildman–Crippen LogP) is 3.30. The lowest BCUT2D eigenvalue weighted by Gasteiger charge is -2.33. The minimum absolute atomic E-state index is 0.115. The molecule has 2 aromatic heterocycles. The summed E-state index contributed by atoms with van der Waals surface area (Å²) in [6, 6.07) is 5.84. The van der Waals surface area contributed by atoms with Crippen LogP contribution in [-0.2, 0) is 16.1 Å². The van der Waals surface area contributed by atoms with Crippen LogP contribution in [0.3, 0.4) is 0 Å². The van der Waals surface area contributed by atoms with Crippen molar-refractivity contribution in [3.05, 3.63) is 30.1 Å². The zero-order chi connectivity index (χ0) is 25.0. The molecule has 0 aliphatic carbocycles. The molecule has 1 unspecified atom stereocenters. The van der Waals surface area contributed by atoms with E-state index >= 15 is 0 Å². The minimum atomic E-state index is 0.115. The maximum atomic E-state index is 12.3. The smallest absolute Gasteiger partial charge is 0.225 e. The van der Waals surface area contributed by atoms with Crippen LogP contribution in [0.25, 0.3) is 0 Å². The molecular formula is C24H36N8O2S. The number of nitrogens with zero attached hydrogens (tertiary/aromatic N) is 5. The van der Waals surface area contributed by atoms with E-state index < -0.39 is 0 Å². The molecule has 4 rings (SSSR count). The molecule has 35 heavy (non-hydrogen) atoms. The highest BCUT2D eigenvalue weighted by Gasteiger charge is 2.24. The van der Waals surface area contributed by atoms with Gasteiger partial charge >= 0.3 is 0 Å². The molecule has 0 saturated carbocycles. The summed E-state index contributed by atoms with van der Waals surface area (Å²) in [5, 5.41) is 10.5. The average Bonchev–Trinajstić information content (AvgIpc) is 2.85. The average molecular weight is 501 g/mol. The van der Waals surface area contributed by atoms with Crippen LogP contribution >= 0.6 is 11.8 Å². The van der Waals surface area contributed by atoms with E-state index in [9.17, 15) is 4.79 Å². The second-order valence-electron chi connectivity index (χ2n) is 8.38. The molecule has 0 bridgehead atoms. The first kappa shape index (κ1) is 26.8. The standard InChI is InChI=1S/C22H29N7O2S.C2H7N/c1-3-6-20(30)29-10-5-7-15(12-29)24-22-25-16(13-31-2)11-18(28-22)27-19-14-32-21-17(26-19)8-4-9-23-21;1-3-2/h4,8-9,11,15H,3,5-7,10,12-14H2,1-2H3,(H2,24,25,26,27,28);3H,1-2H3. The van der Waals surface area contributed by atoms with E-state index in [1.54, 1.807) is 25.1 Å². The van der Waals surface area contributed by atoms with Crippen molar-refractivity contribution in [3.63, 3.8) is 0 Å². The number of aromatic nitrogens is 3. The number of aliphatic imine (C=N–C) groups is 1. The van der Waals surface area contributed by atoms with Gasteiger partial charge in [0, 0.05) is 44.9 Å². The number of methoxy groups -OCH3 is 1. The fourth-order valence-electron chi connectivity index (χ4n) is 3.83. The summed E-state index contributed by atoms with van der Waals surface area (Å²) in [5.41, 5.74) is 1.70. The first-order valence-electron chi connectivity index (χ1n) is 12.0. The molecule has 11 heteroatoms. The summed E-state index contributed by atoms with van der Waals surface area (Å²) in [6.45, 7) is 3.89. The van der Waals surface area contributed by atoms with Crippen molar-refractivity contribution < 1.29 is 9.53 Å². The van der Waals surface area contributed by atoms with Crippen molar-refractivity contribution in [1.82, 2.24) is 25.2 Å². The number of nitrogens with one attached hydrogen (secondary N) is 3. The topological polar surface area (TPSA) is 117 Å². The molecule has 3 N–H and O–H groups in total. The normalized spacial score (nSPS) is 18.2. The van der Waals surface area contributed by atoms with E-state index in [-0.39, 0.29) is 11.9 Å². The third-order valence-corrected chi connectivity index (χ3v) is 6.29. The highest BCUT2D eigenvalue weighted by Crippen LogP contribution is 2.29. The Kier molecular flexibility index (Phi) is 10.7. The Balaban J connectivity index is 0.00000108. The third kappa shape index (κ3) is 8.15. The van der Waals surface area contributed by atoms with E-state index in [1.165, 1.54) is 0 Å². The lowest BCUT2D eigenvalue weighted by Crippen LogP contribution is -2.45. The van der Waals surface area contributed by atoms with Crippen LogP contribution in [0, 0.1) is 0 Å². The Morgan fingerprint density at radius 3 is 2.97 bits per heavy atom. The molecule has 190 valence electrons. The van der Waals surface area contributed by atoms with Crippen LogP contribution in [0.2, 0.25) is 0 Å². The molecule has 1 saturated heterocycles. The van der Waals surface area contributed by atoms with Crippen molar-refractivity contribution in [2.75, 3.05) is 50.7 Å². The summed E-state index contributed by atoms with van der Waals surface area (Å²) >= 11 is 1.64. The van der Waals surface area contributed by atoms with Crippen molar-refractivity contribution >= 4 is 41.0 Å². The minimum Gasteiger partial charge on any atom is -0.378 e. The number of anilines is 2. The molecule has 4 heterocycles. The maximum Gasteiger partial charge on any atom is 0.225 e. The van der Waals surface area contributed by atoms with E-state index in [0.29, 0.717) is 37.1 Å². The number of fused-ring (bicyclic) bond motifs is 1. The van der Waals surface area contributed by atoms with Crippen molar-refractivity contribution in [3.8, 4) is 0 Å². The monoisotopic (exact) mass is 500 g/mol. The molecule has 2 aliphatic heterocycles. The van der Waals surface area contributed by atoms with Gasteiger partial charge in [0.15, 0.2) is 5.82 Å². The van der Waals surface area contributed by atoms with Crippen molar-refractivity contribution in [1.29, 1.82) is 0 Å². The number of amidine groups is 1. The quantitative estimate of drug-likeness (QED) is 0.526. The number of pyridine rings is 1. The number of piperidine rings is 1. The Hall–Kier alpha value is -2.76. The van der Waals surface area contributed by atoms with Gasteiger partial charge < -0.3 is 25.6 Å². The number of hydrogen-bond donors (Lipinski definition) is 3. The molecule has 2 aromatic rings. The molecule has 1 atom stereocenters. The van der Waals surface area contributed by atoms with Gasteiger partial charge in [-0.1, -0.05) is 18.7 Å². The second kappa shape index (κ2) is 14.0. The molecule has 1 amide bonds. The Morgan fingerprint density at radius 1 is 1.37 bits per heavy atom. The molecule has 0 aromatic carbocycles. The van der Waals surface area contributed by atoms with Crippen LogP contribution in [0.15, 0.2) is 34.4 Å². The summed E-state index contributed by atoms with van der Waals surface area (Å²) < 4.78 is 5.29. The molecule has 10 nitrogen and oxygen atoms in total. The Labute approximate surface area is 211 Å². The van der Waals surface area contributed by atoms with E-state index in [0.717, 1.165) is 48.1 Å². The second-order valence-corrected chi connectivity index (χ2v) is 9.34. The van der Waals surface area contributed by atoms with Gasteiger partial charge in [0.05, 0.1) is 23.7 Å². The number of hydrogen-bond acceptors (Lipinski definition) is 9. The number of amides is 1.